The van der Waals surface area contributed by atoms with Gasteiger partial charge in [0.25, 0.3) is 0 Å². The number of hydrogen-bond acceptors (Lipinski definition) is 5. The van der Waals surface area contributed by atoms with Crippen molar-refractivity contribution in [3.63, 3.8) is 0 Å². The second-order valence-electron chi connectivity index (χ2n) is 10.4. The van der Waals surface area contributed by atoms with Crippen molar-refractivity contribution in [2.24, 2.45) is 0 Å². The van der Waals surface area contributed by atoms with Crippen molar-refractivity contribution in [1.29, 1.82) is 0 Å². The molecule has 1 aliphatic rings. The van der Waals surface area contributed by atoms with E-state index < -0.39 is 23.7 Å². The molecule has 0 heterocycles. The fraction of sp³-hybridized carbons (Fsp3) is 0.355. The lowest BCUT2D eigenvalue weighted by atomic mass is 10.0. The van der Waals surface area contributed by atoms with E-state index in [2.05, 4.69) is 0 Å². The van der Waals surface area contributed by atoms with Gasteiger partial charge in [-0.15, -0.1) is 0 Å². The lowest BCUT2D eigenvalue weighted by Gasteiger charge is -2.32. The number of amides is 1. The Kier molecular flexibility index (Phi) is 8.29. The third-order valence-electron chi connectivity index (χ3n) is 6.31. The molecule has 37 heavy (non-hydrogen) atoms. The maximum Gasteiger partial charge on any atom is 0.306 e. The van der Waals surface area contributed by atoms with Crippen LogP contribution in [-0.4, -0.2) is 33.6 Å². The molecule has 0 aliphatic heterocycles. The average Bonchev–Trinajstić information content (AvgIpc) is 3.20. The van der Waals surface area contributed by atoms with Crippen molar-refractivity contribution in [2.45, 2.75) is 70.9 Å². The van der Waals surface area contributed by atoms with Gasteiger partial charge >= 0.3 is 5.97 Å². The Balaban J connectivity index is 1.48. The number of fused-ring (bicyclic) bond motifs is 1. The summed E-state index contributed by atoms with van der Waals surface area (Å²) in [7, 11) is 0. The number of rotatable bonds is 9. The molecule has 4 rings (SSSR count). The number of aliphatic hydroxyl groups is 1. The maximum atomic E-state index is 13.5. The van der Waals surface area contributed by atoms with Gasteiger partial charge in [0.2, 0.25) is 5.91 Å². The van der Waals surface area contributed by atoms with Gasteiger partial charge in [0.05, 0.1) is 18.6 Å². The summed E-state index contributed by atoms with van der Waals surface area (Å²) in [4.78, 5) is 27.4. The van der Waals surface area contributed by atoms with Crippen LogP contribution < -0.4 is 4.74 Å². The molecule has 0 spiro atoms. The highest BCUT2D eigenvalue weighted by atomic mass is 16.6. The summed E-state index contributed by atoms with van der Waals surface area (Å²) >= 11 is 0. The van der Waals surface area contributed by atoms with Crippen molar-refractivity contribution in [1.82, 2.24) is 4.90 Å². The predicted molar refractivity (Wildman–Crippen MR) is 142 cm³/mol. The summed E-state index contributed by atoms with van der Waals surface area (Å²) in [5, 5.41) is 11.0. The number of hydrogen-bond donors (Lipinski definition) is 1. The number of esters is 1. The molecule has 3 aromatic carbocycles. The monoisotopic (exact) mass is 501 g/mol. The van der Waals surface area contributed by atoms with E-state index in [9.17, 15) is 14.7 Å². The summed E-state index contributed by atoms with van der Waals surface area (Å²) in [6, 6.07) is 24.9. The van der Waals surface area contributed by atoms with E-state index in [-0.39, 0.29) is 18.7 Å². The van der Waals surface area contributed by atoms with E-state index in [4.69, 9.17) is 9.47 Å². The Morgan fingerprint density at radius 2 is 1.57 bits per heavy atom. The van der Waals surface area contributed by atoms with Crippen molar-refractivity contribution in [3.05, 3.63) is 101 Å². The van der Waals surface area contributed by atoms with Gasteiger partial charge in [0.15, 0.2) is 0 Å². The highest BCUT2D eigenvalue weighted by Gasteiger charge is 2.37. The number of ether oxygens (including phenoxy) is 2. The molecule has 6 nitrogen and oxygen atoms in total. The SMILES string of the molecule is CC(C)(C)OC(=O)CCC(=O)N(Cc1ccc(OCc2ccccc2)cc1)[C@H]1c2ccccc2C[C@H]1O. The molecular formula is C31H35NO5. The molecular weight excluding hydrogens is 466 g/mol. The van der Waals surface area contributed by atoms with Gasteiger partial charge in [0.1, 0.15) is 18.0 Å². The average molecular weight is 502 g/mol. The molecule has 6 heteroatoms. The lowest BCUT2D eigenvalue weighted by molar-refractivity contribution is -0.156. The highest BCUT2D eigenvalue weighted by molar-refractivity contribution is 5.82. The molecule has 1 aliphatic carbocycles. The summed E-state index contributed by atoms with van der Waals surface area (Å²) in [6.45, 7) is 6.19. The summed E-state index contributed by atoms with van der Waals surface area (Å²) < 4.78 is 11.3. The first kappa shape index (κ1) is 26.4. The summed E-state index contributed by atoms with van der Waals surface area (Å²) in [5.74, 6) is 0.130. The number of nitrogens with zero attached hydrogens (tertiary/aromatic N) is 1. The normalized spacial score (nSPS) is 16.6. The molecule has 0 radical (unpaired) electrons. The Morgan fingerprint density at radius 1 is 0.892 bits per heavy atom. The number of aliphatic hydroxyl groups excluding tert-OH is 1. The molecule has 0 unspecified atom stereocenters. The van der Waals surface area contributed by atoms with Gasteiger partial charge in [-0.1, -0.05) is 66.7 Å². The highest BCUT2D eigenvalue weighted by Crippen LogP contribution is 2.37. The van der Waals surface area contributed by atoms with Gasteiger partial charge in [-0.3, -0.25) is 9.59 Å². The predicted octanol–water partition coefficient (Wildman–Crippen LogP) is 5.37. The van der Waals surface area contributed by atoms with Crippen LogP contribution in [0.15, 0.2) is 78.9 Å². The molecule has 0 fully saturated rings. The van der Waals surface area contributed by atoms with Gasteiger partial charge in [0, 0.05) is 19.4 Å². The number of benzene rings is 3. The first-order chi connectivity index (χ1) is 17.7. The molecule has 2 atom stereocenters. The van der Waals surface area contributed by atoms with Crippen molar-refractivity contribution in [2.75, 3.05) is 0 Å². The Labute approximate surface area is 218 Å². The van der Waals surface area contributed by atoms with Crippen LogP contribution in [0, 0.1) is 0 Å². The van der Waals surface area contributed by atoms with E-state index in [1.165, 1.54) is 0 Å². The standard InChI is InChI=1S/C31H35NO5/c1-31(2,3)37-29(35)18-17-28(34)32(30-26-12-8-7-11-24(26)19-27(30)33)20-22-13-15-25(16-14-22)36-21-23-9-5-4-6-10-23/h4-16,27,30,33H,17-21H2,1-3H3/t27-,30+/m1/s1. The van der Waals surface area contributed by atoms with Crippen LogP contribution >= 0.6 is 0 Å². The first-order valence-corrected chi connectivity index (χ1v) is 12.7. The summed E-state index contributed by atoms with van der Waals surface area (Å²) in [5.41, 5.74) is 3.37. The molecule has 0 saturated carbocycles. The fourth-order valence-corrected chi connectivity index (χ4v) is 4.64. The molecule has 0 aromatic heterocycles. The molecule has 3 aromatic rings. The van der Waals surface area contributed by atoms with Crippen LogP contribution in [0.4, 0.5) is 0 Å². The maximum absolute atomic E-state index is 13.5. The zero-order valence-corrected chi connectivity index (χ0v) is 21.7. The van der Waals surface area contributed by atoms with Crippen LogP contribution in [0.1, 0.15) is 61.9 Å². The number of carbonyl (C=O) groups excluding carboxylic acids is 2. The van der Waals surface area contributed by atoms with Crippen LogP contribution in [0.2, 0.25) is 0 Å². The van der Waals surface area contributed by atoms with Crippen LogP contribution in [-0.2, 0) is 33.9 Å². The quantitative estimate of drug-likeness (QED) is 0.399. The van der Waals surface area contributed by atoms with Crippen molar-refractivity contribution in [3.8, 4) is 5.75 Å². The van der Waals surface area contributed by atoms with Crippen LogP contribution in [0.3, 0.4) is 0 Å². The molecule has 1 amide bonds. The van der Waals surface area contributed by atoms with E-state index >= 15 is 0 Å². The van der Waals surface area contributed by atoms with Crippen LogP contribution in [0.5, 0.6) is 5.75 Å². The van der Waals surface area contributed by atoms with Gasteiger partial charge < -0.3 is 19.5 Å². The van der Waals surface area contributed by atoms with Crippen molar-refractivity contribution >= 4 is 11.9 Å². The van der Waals surface area contributed by atoms with E-state index in [1.54, 1.807) is 25.7 Å². The van der Waals surface area contributed by atoms with Gasteiger partial charge in [-0.25, -0.2) is 0 Å². The second kappa shape index (κ2) is 11.6. The first-order valence-electron chi connectivity index (χ1n) is 12.7. The minimum absolute atomic E-state index is 0.0106. The van der Waals surface area contributed by atoms with Crippen molar-refractivity contribution < 1.29 is 24.2 Å². The fourth-order valence-electron chi connectivity index (χ4n) is 4.64. The minimum atomic E-state index is -0.712. The van der Waals surface area contributed by atoms with E-state index in [0.29, 0.717) is 19.6 Å². The third kappa shape index (κ3) is 7.20. The van der Waals surface area contributed by atoms with Crippen LogP contribution in [0.25, 0.3) is 0 Å². The van der Waals surface area contributed by atoms with E-state index in [0.717, 1.165) is 28.0 Å². The Bertz CT molecular complexity index is 1200. The largest absolute Gasteiger partial charge is 0.489 e. The molecule has 194 valence electrons. The third-order valence-corrected chi connectivity index (χ3v) is 6.31. The molecule has 0 bridgehead atoms. The van der Waals surface area contributed by atoms with Gasteiger partial charge in [-0.05, 0) is 55.2 Å². The number of carbonyl (C=O) groups is 2. The Hall–Kier alpha value is -3.64. The van der Waals surface area contributed by atoms with E-state index in [1.807, 2.05) is 78.9 Å². The second-order valence-corrected chi connectivity index (χ2v) is 10.4. The zero-order valence-electron chi connectivity index (χ0n) is 21.7. The molecule has 0 saturated heterocycles. The van der Waals surface area contributed by atoms with Gasteiger partial charge in [-0.2, -0.15) is 0 Å². The smallest absolute Gasteiger partial charge is 0.306 e. The lowest BCUT2D eigenvalue weighted by Crippen LogP contribution is -2.39. The zero-order chi connectivity index (χ0) is 26.4. The topological polar surface area (TPSA) is 76.1 Å². The molecule has 1 N–H and O–H groups in total. The minimum Gasteiger partial charge on any atom is -0.489 e. The summed E-state index contributed by atoms with van der Waals surface area (Å²) in [6.07, 6.45) is -0.221. The Morgan fingerprint density at radius 3 is 2.27 bits per heavy atom.